The molecule has 0 amide bonds. The molecule has 0 saturated carbocycles. The molecule has 0 aliphatic heterocycles. The Kier molecular flexibility index (Phi) is 4.95. The lowest BCUT2D eigenvalue weighted by atomic mass is 9.96. The molecule has 0 aromatic carbocycles. The monoisotopic (exact) mass is 338 g/mol. The molecular formula is C15H22N4O3S. The summed E-state index contributed by atoms with van der Waals surface area (Å²) in [6.45, 7) is 6.03. The van der Waals surface area contributed by atoms with Crippen LogP contribution in [0.3, 0.4) is 0 Å². The van der Waals surface area contributed by atoms with E-state index in [4.69, 9.17) is 5.11 Å². The maximum Gasteiger partial charge on any atom is 0.332 e. The van der Waals surface area contributed by atoms with E-state index in [0.29, 0.717) is 34.1 Å². The van der Waals surface area contributed by atoms with Gasteiger partial charge in [0.05, 0.1) is 0 Å². The van der Waals surface area contributed by atoms with Crippen LogP contribution in [0.4, 0.5) is 0 Å². The summed E-state index contributed by atoms with van der Waals surface area (Å²) in [7, 11) is 3.05. The second kappa shape index (κ2) is 6.45. The van der Waals surface area contributed by atoms with E-state index in [1.807, 2.05) is 20.8 Å². The number of rotatable bonds is 4. The first-order chi connectivity index (χ1) is 10.7. The van der Waals surface area contributed by atoms with Gasteiger partial charge in [0.25, 0.3) is 5.56 Å². The maximum atomic E-state index is 12.5. The Labute approximate surface area is 138 Å². The van der Waals surface area contributed by atoms with E-state index in [0.717, 1.165) is 4.57 Å². The Morgan fingerprint density at radius 3 is 2.35 bits per heavy atom. The molecule has 0 spiro atoms. The number of aryl methyl sites for hydroxylation is 1. The number of aliphatic hydroxyl groups is 1. The highest BCUT2D eigenvalue weighted by molar-refractivity contribution is 7.99. The van der Waals surface area contributed by atoms with Gasteiger partial charge in [-0.1, -0.05) is 20.8 Å². The zero-order valence-electron chi connectivity index (χ0n) is 14.1. The second-order valence-corrected chi connectivity index (χ2v) is 7.52. The normalized spacial score (nSPS) is 12.1. The zero-order chi connectivity index (χ0) is 17.4. The summed E-state index contributed by atoms with van der Waals surface area (Å²) in [4.78, 5) is 33.7. The van der Waals surface area contributed by atoms with Crippen molar-refractivity contribution in [1.29, 1.82) is 0 Å². The molecule has 1 N–H and O–H groups in total. The van der Waals surface area contributed by atoms with Gasteiger partial charge in [-0.2, -0.15) is 0 Å². The molecule has 0 aliphatic carbocycles. The largest absolute Gasteiger partial charge is 0.396 e. The van der Waals surface area contributed by atoms with E-state index >= 15 is 0 Å². The number of nitrogens with zero attached hydrogens (tertiary/aromatic N) is 4. The average molecular weight is 338 g/mol. The van der Waals surface area contributed by atoms with Gasteiger partial charge in [-0.25, -0.2) is 14.8 Å². The summed E-state index contributed by atoms with van der Waals surface area (Å²) in [5.41, 5.74) is -0.760. The predicted molar refractivity (Wildman–Crippen MR) is 91.1 cm³/mol. The van der Waals surface area contributed by atoms with E-state index in [-0.39, 0.29) is 12.0 Å². The molecule has 23 heavy (non-hydrogen) atoms. The van der Waals surface area contributed by atoms with Crippen LogP contribution in [0, 0.1) is 0 Å². The van der Waals surface area contributed by atoms with Crippen LogP contribution in [0.25, 0.3) is 11.0 Å². The van der Waals surface area contributed by atoms with E-state index in [1.165, 1.54) is 23.4 Å². The van der Waals surface area contributed by atoms with Crippen molar-refractivity contribution in [2.45, 2.75) is 37.6 Å². The fraction of sp³-hybridized carbons (Fsp3) is 0.600. The highest BCUT2D eigenvalue weighted by Crippen LogP contribution is 2.27. The van der Waals surface area contributed by atoms with Crippen molar-refractivity contribution in [1.82, 2.24) is 19.1 Å². The molecule has 126 valence electrons. The molecule has 2 aromatic heterocycles. The lowest BCUT2D eigenvalue weighted by Gasteiger charge is -2.19. The lowest BCUT2D eigenvalue weighted by Crippen LogP contribution is -2.38. The van der Waals surface area contributed by atoms with Crippen molar-refractivity contribution in [2.75, 3.05) is 12.4 Å². The SMILES string of the molecule is Cn1c(=O)c2c(SCCCO)nc(C(C)(C)C)nc2n(C)c1=O. The molecule has 2 aromatic rings. The first-order valence-electron chi connectivity index (χ1n) is 7.40. The van der Waals surface area contributed by atoms with Gasteiger partial charge >= 0.3 is 5.69 Å². The Bertz CT molecular complexity index is 849. The van der Waals surface area contributed by atoms with Gasteiger partial charge in [-0.05, 0) is 6.42 Å². The molecule has 8 heteroatoms. The van der Waals surface area contributed by atoms with Crippen molar-refractivity contribution in [3.63, 3.8) is 0 Å². The summed E-state index contributed by atoms with van der Waals surface area (Å²) in [6.07, 6.45) is 0.604. The van der Waals surface area contributed by atoms with Crippen LogP contribution >= 0.6 is 11.8 Å². The summed E-state index contributed by atoms with van der Waals surface area (Å²) in [5, 5.41) is 9.88. The minimum Gasteiger partial charge on any atom is -0.396 e. The Morgan fingerprint density at radius 1 is 1.13 bits per heavy atom. The van der Waals surface area contributed by atoms with Crippen LogP contribution in [0.1, 0.15) is 33.0 Å². The van der Waals surface area contributed by atoms with Gasteiger partial charge in [-0.15, -0.1) is 11.8 Å². The van der Waals surface area contributed by atoms with Gasteiger partial charge in [0.15, 0.2) is 5.65 Å². The number of thioether (sulfide) groups is 1. The molecule has 0 unspecified atom stereocenters. The third-order valence-corrected chi connectivity index (χ3v) is 4.54. The zero-order valence-corrected chi connectivity index (χ0v) is 14.9. The molecule has 0 atom stereocenters. The Hall–Kier alpha value is -1.67. The average Bonchev–Trinajstić information content (AvgIpc) is 2.49. The van der Waals surface area contributed by atoms with Crippen LogP contribution in [-0.4, -0.2) is 36.6 Å². The molecular weight excluding hydrogens is 316 g/mol. The summed E-state index contributed by atoms with van der Waals surface area (Å²) >= 11 is 1.40. The predicted octanol–water partition coefficient (Wildman–Crippen LogP) is 0.799. The van der Waals surface area contributed by atoms with Gasteiger partial charge in [0.1, 0.15) is 16.2 Å². The van der Waals surface area contributed by atoms with Gasteiger partial charge < -0.3 is 5.11 Å². The fourth-order valence-electron chi connectivity index (χ4n) is 2.10. The molecule has 0 bridgehead atoms. The van der Waals surface area contributed by atoms with Crippen molar-refractivity contribution in [2.24, 2.45) is 14.1 Å². The molecule has 0 radical (unpaired) electrons. The number of aromatic nitrogens is 4. The van der Waals surface area contributed by atoms with Crippen molar-refractivity contribution in [3.8, 4) is 0 Å². The lowest BCUT2D eigenvalue weighted by molar-refractivity contribution is 0.296. The minimum atomic E-state index is -0.410. The van der Waals surface area contributed by atoms with E-state index in [9.17, 15) is 9.59 Å². The van der Waals surface area contributed by atoms with Crippen LogP contribution < -0.4 is 11.2 Å². The quantitative estimate of drug-likeness (QED) is 0.504. The Morgan fingerprint density at radius 2 is 1.78 bits per heavy atom. The summed E-state index contributed by atoms with van der Waals surface area (Å²) in [5.74, 6) is 1.22. The third kappa shape index (κ3) is 3.32. The van der Waals surface area contributed by atoms with Crippen LogP contribution in [0.5, 0.6) is 0 Å². The van der Waals surface area contributed by atoms with Crippen molar-refractivity contribution >= 4 is 22.8 Å². The Balaban J connectivity index is 2.84. The van der Waals surface area contributed by atoms with Crippen molar-refractivity contribution < 1.29 is 5.11 Å². The van der Waals surface area contributed by atoms with Crippen LogP contribution in [-0.2, 0) is 19.5 Å². The first kappa shape index (κ1) is 17.7. The third-order valence-electron chi connectivity index (χ3n) is 3.48. The number of hydrogen-bond acceptors (Lipinski definition) is 6. The highest BCUT2D eigenvalue weighted by atomic mass is 32.2. The van der Waals surface area contributed by atoms with Gasteiger partial charge in [0.2, 0.25) is 0 Å². The maximum absolute atomic E-state index is 12.5. The number of hydrogen-bond donors (Lipinski definition) is 1. The molecule has 0 aliphatic rings. The first-order valence-corrected chi connectivity index (χ1v) is 8.39. The summed E-state index contributed by atoms with van der Waals surface area (Å²) < 4.78 is 2.45. The molecule has 0 saturated heterocycles. The van der Waals surface area contributed by atoms with Gasteiger partial charge in [0, 0.05) is 31.9 Å². The van der Waals surface area contributed by atoms with E-state index in [1.54, 1.807) is 7.05 Å². The van der Waals surface area contributed by atoms with Gasteiger partial charge in [-0.3, -0.25) is 13.9 Å². The standard InChI is InChI=1S/C15H22N4O3S/c1-15(2,3)13-16-10-9(11(17-13)23-8-6-7-20)12(21)19(5)14(22)18(10)4/h20H,6-8H2,1-5H3. The molecule has 0 fully saturated rings. The van der Waals surface area contributed by atoms with Crippen molar-refractivity contribution in [3.05, 3.63) is 26.7 Å². The topological polar surface area (TPSA) is 90.0 Å². The minimum absolute atomic E-state index is 0.0820. The fourth-order valence-corrected chi connectivity index (χ4v) is 3.04. The second-order valence-electron chi connectivity index (χ2n) is 6.43. The summed E-state index contributed by atoms with van der Waals surface area (Å²) in [6, 6.07) is 0. The van der Waals surface area contributed by atoms with E-state index in [2.05, 4.69) is 9.97 Å². The smallest absolute Gasteiger partial charge is 0.332 e. The number of aliphatic hydroxyl groups excluding tert-OH is 1. The van der Waals surface area contributed by atoms with Crippen LogP contribution in [0.2, 0.25) is 0 Å². The molecule has 7 nitrogen and oxygen atoms in total. The van der Waals surface area contributed by atoms with Crippen LogP contribution in [0.15, 0.2) is 14.6 Å². The number of fused-ring (bicyclic) bond motifs is 1. The highest BCUT2D eigenvalue weighted by Gasteiger charge is 2.23. The molecule has 2 rings (SSSR count). The molecule has 2 heterocycles. The van der Waals surface area contributed by atoms with E-state index < -0.39 is 11.2 Å².